The molecule has 2 rings (SSSR count). The molecule has 0 saturated heterocycles. The van der Waals surface area contributed by atoms with Crippen LogP contribution in [0.2, 0.25) is 0 Å². The van der Waals surface area contributed by atoms with Crippen LogP contribution in [0.25, 0.3) is 0 Å². The summed E-state index contributed by atoms with van der Waals surface area (Å²) in [5, 5.41) is 0. The molecule has 0 unspecified atom stereocenters. The van der Waals surface area contributed by atoms with Gasteiger partial charge in [0.2, 0.25) is 10.0 Å². The van der Waals surface area contributed by atoms with Gasteiger partial charge >= 0.3 is 0 Å². The molecule has 1 aromatic carbocycles. The molecule has 1 aliphatic rings. The second-order valence-electron chi connectivity index (χ2n) is 4.91. The van der Waals surface area contributed by atoms with Crippen molar-refractivity contribution in [3.8, 4) is 11.5 Å². The molecule has 0 heterocycles. The fourth-order valence-corrected chi connectivity index (χ4v) is 3.42. The highest BCUT2D eigenvalue weighted by Crippen LogP contribution is 2.39. The van der Waals surface area contributed by atoms with Crippen molar-refractivity contribution in [2.45, 2.75) is 30.2 Å². The summed E-state index contributed by atoms with van der Waals surface area (Å²) < 4.78 is 37.5. The maximum absolute atomic E-state index is 12.3. The smallest absolute Gasteiger partial charge is 0.244 e. The van der Waals surface area contributed by atoms with Gasteiger partial charge in [0.25, 0.3) is 0 Å². The molecule has 7 heteroatoms. The number of sulfonamides is 1. The molecule has 0 bridgehead atoms. The first-order valence-corrected chi connectivity index (χ1v) is 7.35. The Hall–Kier alpha value is -1.47. The zero-order valence-electron chi connectivity index (χ0n) is 11.2. The third-order valence-electron chi connectivity index (χ3n) is 3.19. The van der Waals surface area contributed by atoms with Crippen LogP contribution in [0.4, 0.5) is 5.69 Å². The van der Waals surface area contributed by atoms with Crippen molar-refractivity contribution in [2.75, 3.05) is 20.0 Å². The maximum atomic E-state index is 12.3. The molecule has 1 saturated carbocycles. The molecule has 0 atom stereocenters. The fourth-order valence-electron chi connectivity index (χ4n) is 1.77. The fraction of sp³-hybridized carbons (Fsp3) is 0.500. The first-order chi connectivity index (χ1) is 8.81. The molecule has 1 fully saturated rings. The van der Waals surface area contributed by atoms with Crippen LogP contribution in [-0.4, -0.2) is 28.2 Å². The summed E-state index contributed by atoms with van der Waals surface area (Å²) in [4.78, 5) is 0.0291. The third-order valence-corrected chi connectivity index (χ3v) is 4.85. The molecule has 0 spiro atoms. The highest BCUT2D eigenvalue weighted by molar-refractivity contribution is 7.89. The van der Waals surface area contributed by atoms with Crippen LogP contribution in [0.15, 0.2) is 17.0 Å². The van der Waals surface area contributed by atoms with Crippen LogP contribution in [-0.2, 0) is 10.0 Å². The van der Waals surface area contributed by atoms with Gasteiger partial charge in [0, 0.05) is 11.6 Å². The number of ether oxygens (including phenoxy) is 2. The molecular weight excluding hydrogens is 268 g/mol. The van der Waals surface area contributed by atoms with Crippen molar-refractivity contribution in [2.24, 2.45) is 0 Å². The second kappa shape index (κ2) is 4.57. The van der Waals surface area contributed by atoms with Gasteiger partial charge in [-0.15, -0.1) is 0 Å². The van der Waals surface area contributed by atoms with E-state index in [1.807, 2.05) is 6.92 Å². The monoisotopic (exact) mass is 286 g/mol. The average molecular weight is 286 g/mol. The molecule has 106 valence electrons. The summed E-state index contributed by atoms with van der Waals surface area (Å²) in [6.45, 7) is 1.86. The summed E-state index contributed by atoms with van der Waals surface area (Å²) in [6.07, 6.45) is 1.67. The Bertz CT molecular complexity index is 594. The lowest BCUT2D eigenvalue weighted by molar-refractivity contribution is 0.387. The molecule has 0 aromatic heterocycles. The van der Waals surface area contributed by atoms with Crippen LogP contribution in [0.3, 0.4) is 0 Å². The van der Waals surface area contributed by atoms with E-state index in [0.29, 0.717) is 5.75 Å². The number of nitrogen functional groups attached to an aromatic ring is 1. The maximum Gasteiger partial charge on any atom is 0.244 e. The standard InChI is InChI=1S/C12H18N2O4S/c1-12(4-5-12)14-19(15,16)11-6-8(13)9(17-2)7-10(11)18-3/h6-7,14H,4-5,13H2,1-3H3. The number of benzene rings is 1. The quantitative estimate of drug-likeness (QED) is 0.791. The Morgan fingerprint density at radius 2 is 1.79 bits per heavy atom. The summed E-state index contributed by atoms with van der Waals surface area (Å²) >= 11 is 0. The van der Waals surface area contributed by atoms with Gasteiger partial charge < -0.3 is 15.2 Å². The van der Waals surface area contributed by atoms with E-state index in [0.717, 1.165) is 12.8 Å². The molecule has 3 N–H and O–H groups in total. The van der Waals surface area contributed by atoms with Gasteiger partial charge in [-0.2, -0.15) is 0 Å². The summed E-state index contributed by atoms with van der Waals surface area (Å²) in [5.74, 6) is 0.594. The van der Waals surface area contributed by atoms with Crippen molar-refractivity contribution in [3.05, 3.63) is 12.1 Å². The topological polar surface area (TPSA) is 90.6 Å². The van der Waals surface area contributed by atoms with Gasteiger partial charge in [-0.1, -0.05) is 0 Å². The zero-order chi connectivity index (χ0) is 14.3. The summed E-state index contributed by atoms with van der Waals surface area (Å²) in [6, 6.07) is 2.82. The van der Waals surface area contributed by atoms with Crippen LogP contribution >= 0.6 is 0 Å². The van der Waals surface area contributed by atoms with E-state index in [1.54, 1.807) is 0 Å². The van der Waals surface area contributed by atoms with E-state index in [9.17, 15) is 8.42 Å². The van der Waals surface area contributed by atoms with E-state index in [2.05, 4.69) is 4.72 Å². The Kier molecular flexibility index (Phi) is 3.36. The minimum Gasteiger partial charge on any atom is -0.495 e. The molecule has 0 amide bonds. The average Bonchev–Trinajstić information content (AvgIpc) is 3.05. The predicted molar refractivity (Wildman–Crippen MR) is 71.9 cm³/mol. The Morgan fingerprint density at radius 1 is 1.21 bits per heavy atom. The van der Waals surface area contributed by atoms with E-state index < -0.39 is 10.0 Å². The van der Waals surface area contributed by atoms with E-state index in [1.165, 1.54) is 26.4 Å². The SMILES string of the molecule is COc1cc(OC)c(S(=O)(=O)NC2(C)CC2)cc1N. The lowest BCUT2D eigenvalue weighted by Crippen LogP contribution is -2.34. The van der Waals surface area contributed by atoms with Gasteiger partial charge in [0.1, 0.15) is 16.4 Å². The number of hydrogen-bond donors (Lipinski definition) is 2. The molecule has 0 aliphatic heterocycles. The normalized spacial score (nSPS) is 17.0. The Labute approximate surface area is 112 Å². The molecule has 6 nitrogen and oxygen atoms in total. The van der Waals surface area contributed by atoms with Crippen molar-refractivity contribution in [3.63, 3.8) is 0 Å². The summed E-state index contributed by atoms with van der Waals surface area (Å²) in [7, 11) is -0.790. The molecule has 19 heavy (non-hydrogen) atoms. The highest BCUT2D eigenvalue weighted by atomic mass is 32.2. The van der Waals surface area contributed by atoms with E-state index in [4.69, 9.17) is 15.2 Å². The highest BCUT2D eigenvalue weighted by Gasteiger charge is 2.42. The lowest BCUT2D eigenvalue weighted by atomic mass is 10.3. The van der Waals surface area contributed by atoms with Crippen molar-refractivity contribution < 1.29 is 17.9 Å². The van der Waals surface area contributed by atoms with Gasteiger partial charge in [-0.25, -0.2) is 13.1 Å². The van der Waals surface area contributed by atoms with Gasteiger partial charge in [-0.3, -0.25) is 0 Å². The molecule has 0 radical (unpaired) electrons. The lowest BCUT2D eigenvalue weighted by Gasteiger charge is -2.16. The number of nitrogens with one attached hydrogen (secondary N) is 1. The van der Waals surface area contributed by atoms with Gasteiger partial charge in [0.05, 0.1) is 19.9 Å². The largest absolute Gasteiger partial charge is 0.495 e. The number of rotatable bonds is 5. The number of anilines is 1. The minimum absolute atomic E-state index is 0.0291. The van der Waals surface area contributed by atoms with E-state index >= 15 is 0 Å². The second-order valence-corrected chi connectivity index (χ2v) is 6.56. The zero-order valence-corrected chi connectivity index (χ0v) is 12.0. The van der Waals surface area contributed by atoms with E-state index in [-0.39, 0.29) is 21.9 Å². The number of methoxy groups -OCH3 is 2. The van der Waals surface area contributed by atoms with Crippen molar-refractivity contribution >= 4 is 15.7 Å². The Balaban J connectivity index is 2.46. The number of nitrogens with two attached hydrogens (primary N) is 1. The molecule has 1 aromatic rings. The number of hydrogen-bond acceptors (Lipinski definition) is 5. The van der Waals surface area contributed by atoms with Crippen molar-refractivity contribution in [1.29, 1.82) is 0 Å². The first kappa shape index (κ1) is 14.0. The first-order valence-electron chi connectivity index (χ1n) is 5.87. The molecule has 1 aliphatic carbocycles. The summed E-state index contributed by atoms with van der Waals surface area (Å²) in [5.41, 5.74) is 5.66. The van der Waals surface area contributed by atoms with Crippen LogP contribution < -0.4 is 19.9 Å². The van der Waals surface area contributed by atoms with Crippen molar-refractivity contribution in [1.82, 2.24) is 4.72 Å². The minimum atomic E-state index is -3.66. The third kappa shape index (κ3) is 2.76. The Morgan fingerprint density at radius 3 is 2.26 bits per heavy atom. The molecular formula is C12H18N2O4S. The van der Waals surface area contributed by atoms with Crippen LogP contribution in [0.1, 0.15) is 19.8 Å². The van der Waals surface area contributed by atoms with Gasteiger partial charge in [0.15, 0.2) is 0 Å². The van der Waals surface area contributed by atoms with Crippen LogP contribution in [0, 0.1) is 0 Å². The predicted octanol–water partition coefficient (Wildman–Crippen LogP) is 1.12. The van der Waals surface area contributed by atoms with Gasteiger partial charge in [-0.05, 0) is 25.8 Å². The van der Waals surface area contributed by atoms with Crippen LogP contribution in [0.5, 0.6) is 11.5 Å².